The minimum Gasteiger partial charge on any atom is -0.374 e. The number of halogens is 1. The molecule has 0 saturated carbocycles. The Morgan fingerprint density at radius 3 is 2.92 bits per heavy atom. The van der Waals surface area contributed by atoms with Gasteiger partial charge in [-0.05, 0) is 25.5 Å². The van der Waals surface area contributed by atoms with Gasteiger partial charge in [0, 0.05) is 31.2 Å². The number of nitrogens with zero attached hydrogens (tertiary/aromatic N) is 2. The van der Waals surface area contributed by atoms with Crippen LogP contribution >= 0.6 is 0 Å². The summed E-state index contributed by atoms with van der Waals surface area (Å²) < 4.78 is 11.9. The lowest BCUT2D eigenvalue weighted by atomic mass is 10.3. The fourth-order valence-corrected chi connectivity index (χ4v) is 1.19. The molecule has 0 spiro atoms. The van der Waals surface area contributed by atoms with E-state index in [9.17, 15) is 4.39 Å². The maximum atomic E-state index is 11.9. The van der Waals surface area contributed by atoms with E-state index in [-0.39, 0.29) is 6.67 Å². The van der Waals surface area contributed by atoms with Gasteiger partial charge in [0.05, 0.1) is 6.67 Å². The molecule has 0 bridgehead atoms. The third-order valence-electron chi connectivity index (χ3n) is 1.95. The molecule has 3 heteroatoms. The van der Waals surface area contributed by atoms with Crippen molar-refractivity contribution in [1.82, 2.24) is 4.98 Å². The summed E-state index contributed by atoms with van der Waals surface area (Å²) in [6.45, 7) is 2.45. The predicted molar refractivity (Wildman–Crippen MR) is 52.8 cm³/mol. The Kier molecular flexibility index (Phi) is 3.68. The number of aromatic nitrogens is 1. The van der Waals surface area contributed by atoms with Gasteiger partial charge in [0.2, 0.25) is 0 Å². The Bertz CT molecular complexity index is 263. The van der Waals surface area contributed by atoms with Crippen LogP contribution in [-0.2, 0) is 0 Å². The average molecular weight is 182 g/mol. The van der Waals surface area contributed by atoms with Crippen LogP contribution in [0.25, 0.3) is 0 Å². The molecule has 0 atom stereocenters. The van der Waals surface area contributed by atoms with Gasteiger partial charge in [0.1, 0.15) is 0 Å². The molecule has 1 rings (SSSR count). The van der Waals surface area contributed by atoms with E-state index in [0.717, 1.165) is 17.9 Å². The first-order valence-electron chi connectivity index (χ1n) is 4.44. The van der Waals surface area contributed by atoms with Crippen LogP contribution in [0.4, 0.5) is 10.1 Å². The molecular formula is C10H15FN2. The van der Waals surface area contributed by atoms with Crippen molar-refractivity contribution in [3.05, 3.63) is 24.0 Å². The standard InChI is InChI=1S/C10H15FN2/c1-9-8-10(4-6-12-9)13(2)7-3-5-11/h4,6,8H,3,5,7H2,1-2H3. The molecule has 0 aliphatic rings. The lowest BCUT2D eigenvalue weighted by Crippen LogP contribution is -2.18. The summed E-state index contributed by atoms with van der Waals surface area (Å²) in [5.41, 5.74) is 2.09. The molecule has 0 unspecified atom stereocenters. The maximum absolute atomic E-state index is 11.9. The highest BCUT2D eigenvalue weighted by molar-refractivity contribution is 5.45. The van der Waals surface area contributed by atoms with Crippen LogP contribution in [0.15, 0.2) is 18.3 Å². The van der Waals surface area contributed by atoms with Crippen LogP contribution in [0.2, 0.25) is 0 Å². The molecule has 1 aromatic heterocycles. The summed E-state index contributed by atoms with van der Waals surface area (Å²) >= 11 is 0. The summed E-state index contributed by atoms with van der Waals surface area (Å²) in [5.74, 6) is 0. The van der Waals surface area contributed by atoms with E-state index in [1.165, 1.54) is 0 Å². The van der Waals surface area contributed by atoms with Crippen molar-refractivity contribution in [3.8, 4) is 0 Å². The molecule has 0 aliphatic carbocycles. The van der Waals surface area contributed by atoms with E-state index in [1.807, 2.05) is 31.0 Å². The van der Waals surface area contributed by atoms with E-state index in [2.05, 4.69) is 4.98 Å². The number of rotatable bonds is 4. The summed E-state index contributed by atoms with van der Waals surface area (Å²) in [4.78, 5) is 6.14. The van der Waals surface area contributed by atoms with Gasteiger partial charge in [-0.25, -0.2) is 0 Å². The molecule has 0 saturated heterocycles. The van der Waals surface area contributed by atoms with E-state index in [1.54, 1.807) is 6.20 Å². The molecule has 0 aliphatic heterocycles. The lowest BCUT2D eigenvalue weighted by molar-refractivity contribution is 0.474. The Morgan fingerprint density at radius 1 is 1.54 bits per heavy atom. The number of aryl methyl sites for hydroxylation is 1. The van der Waals surface area contributed by atoms with Crippen molar-refractivity contribution in [2.45, 2.75) is 13.3 Å². The summed E-state index contributed by atoms with van der Waals surface area (Å²) in [5, 5.41) is 0. The molecule has 1 aromatic rings. The van der Waals surface area contributed by atoms with E-state index >= 15 is 0 Å². The van der Waals surface area contributed by atoms with Gasteiger partial charge in [-0.15, -0.1) is 0 Å². The van der Waals surface area contributed by atoms with Gasteiger partial charge >= 0.3 is 0 Å². The Morgan fingerprint density at radius 2 is 2.31 bits per heavy atom. The largest absolute Gasteiger partial charge is 0.374 e. The highest BCUT2D eigenvalue weighted by Gasteiger charge is 1.99. The van der Waals surface area contributed by atoms with E-state index < -0.39 is 0 Å². The summed E-state index contributed by atoms with van der Waals surface area (Å²) in [6.07, 6.45) is 2.36. The van der Waals surface area contributed by atoms with Gasteiger partial charge in [-0.1, -0.05) is 0 Å². The second kappa shape index (κ2) is 4.80. The smallest absolute Gasteiger partial charge is 0.0911 e. The van der Waals surface area contributed by atoms with Crippen LogP contribution in [0, 0.1) is 6.92 Å². The van der Waals surface area contributed by atoms with Crippen LogP contribution in [0.3, 0.4) is 0 Å². The van der Waals surface area contributed by atoms with Crippen LogP contribution in [0.5, 0.6) is 0 Å². The van der Waals surface area contributed by atoms with Crippen molar-refractivity contribution in [1.29, 1.82) is 0 Å². The number of anilines is 1. The van der Waals surface area contributed by atoms with Crippen molar-refractivity contribution in [2.75, 3.05) is 25.2 Å². The zero-order valence-electron chi connectivity index (χ0n) is 8.13. The third-order valence-corrected chi connectivity index (χ3v) is 1.95. The number of alkyl halides is 1. The third kappa shape index (κ3) is 3.01. The molecular weight excluding hydrogens is 167 g/mol. The Hall–Kier alpha value is -1.12. The highest BCUT2D eigenvalue weighted by atomic mass is 19.1. The fourth-order valence-electron chi connectivity index (χ4n) is 1.19. The fraction of sp³-hybridized carbons (Fsp3) is 0.500. The summed E-state index contributed by atoms with van der Waals surface area (Å²) in [6, 6.07) is 3.93. The predicted octanol–water partition coefficient (Wildman–Crippen LogP) is 2.19. The lowest BCUT2D eigenvalue weighted by Gasteiger charge is -2.18. The molecule has 2 nitrogen and oxygen atoms in total. The summed E-state index contributed by atoms with van der Waals surface area (Å²) in [7, 11) is 1.96. The number of hydrogen-bond donors (Lipinski definition) is 0. The minimum atomic E-state index is -0.256. The maximum Gasteiger partial charge on any atom is 0.0911 e. The van der Waals surface area contributed by atoms with Crippen LogP contribution < -0.4 is 4.90 Å². The molecule has 13 heavy (non-hydrogen) atoms. The molecule has 1 heterocycles. The SMILES string of the molecule is Cc1cc(N(C)CCCF)ccn1. The van der Waals surface area contributed by atoms with E-state index in [0.29, 0.717) is 6.42 Å². The second-order valence-electron chi connectivity index (χ2n) is 3.12. The quantitative estimate of drug-likeness (QED) is 0.709. The van der Waals surface area contributed by atoms with E-state index in [4.69, 9.17) is 0 Å². The van der Waals surface area contributed by atoms with Gasteiger partial charge in [0.15, 0.2) is 0 Å². The molecule has 0 radical (unpaired) electrons. The normalized spacial score (nSPS) is 10.1. The number of hydrogen-bond acceptors (Lipinski definition) is 2. The first-order valence-corrected chi connectivity index (χ1v) is 4.44. The van der Waals surface area contributed by atoms with Crippen molar-refractivity contribution < 1.29 is 4.39 Å². The number of pyridine rings is 1. The molecule has 0 N–H and O–H groups in total. The first kappa shape index (κ1) is 9.96. The Labute approximate surface area is 78.4 Å². The Balaban J connectivity index is 2.60. The average Bonchev–Trinajstić information content (AvgIpc) is 2.14. The van der Waals surface area contributed by atoms with Crippen LogP contribution in [-0.4, -0.2) is 25.3 Å². The molecule has 0 fully saturated rings. The van der Waals surface area contributed by atoms with Crippen molar-refractivity contribution in [3.63, 3.8) is 0 Å². The monoisotopic (exact) mass is 182 g/mol. The molecule has 72 valence electrons. The van der Waals surface area contributed by atoms with Gasteiger partial charge in [-0.3, -0.25) is 9.37 Å². The first-order chi connectivity index (χ1) is 6.24. The van der Waals surface area contributed by atoms with Gasteiger partial charge in [-0.2, -0.15) is 0 Å². The van der Waals surface area contributed by atoms with Gasteiger partial charge in [0.25, 0.3) is 0 Å². The minimum absolute atomic E-state index is 0.256. The van der Waals surface area contributed by atoms with Crippen LogP contribution in [0.1, 0.15) is 12.1 Å². The van der Waals surface area contributed by atoms with Crippen molar-refractivity contribution in [2.24, 2.45) is 0 Å². The second-order valence-corrected chi connectivity index (χ2v) is 3.12. The zero-order chi connectivity index (χ0) is 9.68. The zero-order valence-corrected chi connectivity index (χ0v) is 8.13. The van der Waals surface area contributed by atoms with Gasteiger partial charge < -0.3 is 4.90 Å². The molecule has 0 aromatic carbocycles. The molecule has 0 amide bonds. The topological polar surface area (TPSA) is 16.1 Å². The van der Waals surface area contributed by atoms with Crippen molar-refractivity contribution >= 4 is 5.69 Å². The highest BCUT2D eigenvalue weighted by Crippen LogP contribution is 2.12.